The molecule has 0 amide bonds. The first kappa shape index (κ1) is 25.8. The molecule has 1 aliphatic rings. The highest BCUT2D eigenvalue weighted by atomic mass is 32.2. The molecule has 9 heteroatoms. The Labute approximate surface area is 210 Å². The van der Waals surface area contributed by atoms with Crippen molar-refractivity contribution >= 4 is 21.7 Å². The van der Waals surface area contributed by atoms with Crippen molar-refractivity contribution < 1.29 is 31.5 Å². The summed E-state index contributed by atoms with van der Waals surface area (Å²) in [5, 5.41) is -0.249. The molecule has 0 fully saturated rings. The van der Waals surface area contributed by atoms with Crippen molar-refractivity contribution in [3.63, 3.8) is 0 Å². The third kappa shape index (κ3) is 5.26. The van der Waals surface area contributed by atoms with Gasteiger partial charge in [-0.25, -0.2) is 9.18 Å². The van der Waals surface area contributed by atoms with Gasteiger partial charge in [-0.2, -0.15) is 8.42 Å². The molecule has 1 heterocycles. The minimum Gasteiger partial charge on any atom is -0.487 e. The molecule has 0 aliphatic heterocycles. The van der Waals surface area contributed by atoms with Crippen LogP contribution in [0.25, 0.3) is 0 Å². The topological polar surface area (TPSA) is 86.0 Å². The Balaban J connectivity index is 1.73. The van der Waals surface area contributed by atoms with Gasteiger partial charge >= 0.3 is 5.97 Å². The fourth-order valence-electron chi connectivity index (χ4n) is 4.37. The standard InChI is InChI=1S/C27H30FNO6S/c1-17-12-22(27(30)33-4)9-10-23(17)16-34-25-14-21-7-5-6-20(21)13-24(25)29(15-18(2)28)36(31,32)26-11-8-19(3)35-26/h8-14,18H,5-7,15-16H2,1-4H3. The van der Waals surface area contributed by atoms with Crippen molar-refractivity contribution in [2.75, 3.05) is 18.0 Å². The van der Waals surface area contributed by atoms with E-state index in [1.807, 2.05) is 13.0 Å². The van der Waals surface area contributed by atoms with Crippen LogP contribution in [0.1, 0.15) is 51.7 Å². The lowest BCUT2D eigenvalue weighted by Crippen LogP contribution is -2.35. The number of benzene rings is 2. The number of rotatable bonds is 9. The van der Waals surface area contributed by atoms with Crippen molar-refractivity contribution in [3.8, 4) is 5.75 Å². The van der Waals surface area contributed by atoms with Crippen LogP contribution in [-0.2, 0) is 34.2 Å². The van der Waals surface area contributed by atoms with Crippen LogP contribution >= 0.6 is 0 Å². The molecule has 1 aliphatic carbocycles. The molecule has 1 aromatic heterocycles. The summed E-state index contributed by atoms with van der Waals surface area (Å²) >= 11 is 0. The maximum atomic E-state index is 14.3. The molecule has 192 valence electrons. The number of fused-ring (bicyclic) bond motifs is 1. The maximum Gasteiger partial charge on any atom is 0.337 e. The first-order valence-electron chi connectivity index (χ1n) is 11.8. The monoisotopic (exact) mass is 515 g/mol. The molecular formula is C27H30FNO6S. The Bertz CT molecular complexity index is 1380. The van der Waals surface area contributed by atoms with E-state index in [9.17, 15) is 17.6 Å². The Morgan fingerprint density at radius 1 is 1.11 bits per heavy atom. The number of halogens is 1. The second kappa shape index (κ2) is 10.3. The molecular weight excluding hydrogens is 485 g/mol. The first-order chi connectivity index (χ1) is 17.1. The lowest BCUT2D eigenvalue weighted by atomic mass is 10.1. The predicted octanol–water partition coefficient (Wildman–Crippen LogP) is 5.30. The van der Waals surface area contributed by atoms with E-state index in [1.54, 1.807) is 37.3 Å². The number of ether oxygens (including phenoxy) is 2. The number of hydrogen-bond donors (Lipinski definition) is 0. The first-order valence-corrected chi connectivity index (χ1v) is 13.2. The Hall–Kier alpha value is -3.33. The van der Waals surface area contributed by atoms with Crippen LogP contribution in [0.3, 0.4) is 0 Å². The molecule has 36 heavy (non-hydrogen) atoms. The van der Waals surface area contributed by atoms with Crippen molar-refractivity contribution in [1.29, 1.82) is 0 Å². The quantitative estimate of drug-likeness (QED) is 0.359. The Morgan fingerprint density at radius 2 is 1.83 bits per heavy atom. The van der Waals surface area contributed by atoms with E-state index >= 15 is 0 Å². The smallest absolute Gasteiger partial charge is 0.337 e. The van der Waals surface area contributed by atoms with Gasteiger partial charge in [0.05, 0.1) is 24.9 Å². The number of nitrogens with zero attached hydrogens (tertiary/aromatic N) is 1. The van der Waals surface area contributed by atoms with E-state index in [-0.39, 0.29) is 23.9 Å². The van der Waals surface area contributed by atoms with Crippen LogP contribution in [0.15, 0.2) is 52.0 Å². The summed E-state index contributed by atoms with van der Waals surface area (Å²) in [5.41, 5.74) is 4.47. The van der Waals surface area contributed by atoms with Crippen LogP contribution in [-0.4, -0.2) is 34.2 Å². The third-order valence-corrected chi connectivity index (χ3v) is 7.92. The van der Waals surface area contributed by atoms with E-state index in [4.69, 9.17) is 13.9 Å². The number of sulfonamides is 1. The zero-order valence-electron chi connectivity index (χ0n) is 20.8. The normalized spacial score (nSPS) is 13.8. The van der Waals surface area contributed by atoms with Crippen molar-refractivity contribution in [1.82, 2.24) is 0 Å². The highest BCUT2D eigenvalue weighted by molar-refractivity contribution is 7.92. The Morgan fingerprint density at radius 3 is 2.44 bits per heavy atom. The van der Waals surface area contributed by atoms with Gasteiger partial charge in [0, 0.05) is 0 Å². The van der Waals surface area contributed by atoms with Crippen LogP contribution in [0, 0.1) is 13.8 Å². The molecule has 1 unspecified atom stereocenters. The van der Waals surface area contributed by atoms with Gasteiger partial charge in [-0.15, -0.1) is 0 Å². The number of furan rings is 1. The molecule has 3 aromatic rings. The number of hydrogen-bond acceptors (Lipinski definition) is 6. The van der Waals surface area contributed by atoms with Crippen molar-refractivity contribution in [3.05, 3.63) is 76.0 Å². The lowest BCUT2D eigenvalue weighted by Gasteiger charge is -2.27. The number of esters is 1. The molecule has 0 radical (unpaired) electrons. The summed E-state index contributed by atoms with van der Waals surface area (Å²) in [6, 6.07) is 11.7. The second-order valence-electron chi connectivity index (χ2n) is 9.05. The van der Waals surface area contributed by atoms with Gasteiger partial charge in [0.15, 0.2) is 0 Å². The number of carbonyl (C=O) groups excluding carboxylic acids is 1. The van der Waals surface area contributed by atoms with Crippen LogP contribution < -0.4 is 9.04 Å². The summed E-state index contributed by atoms with van der Waals surface area (Å²) < 4.78 is 58.8. The fourth-order valence-corrected chi connectivity index (χ4v) is 5.87. The molecule has 7 nitrogen and oxygen atoms in total. The largest absolute Gasteiger partial charge is 0.487 e. The van der Waals surface area contributed by atoms with Gasteiger partial charge in [0.1, 0.15) is 24.3 Å². The second-order valence-corrected chi connectivity index (χ2v) is 10.8. The number of anilines is 1. The highest BCUT2D eigenvalue weighted by Gasteiger charge is 2.32. The summed E-state index contributed by atoms with van der Waals surface area (Å²) in [5.74, 6) is 0.360. The fraction of sp³-hybridized carbons (Fsp3) is 0.370. The maximum absolute atomic E-state index is 14.3. The molecule has 0 saturated heterocycles. The summed E-state index contributed by atoms with van der Waals surface area (Å²) in [6.45, 7) is 4.58. The van der Waals surface area contributed by atoms with E-state index in [1.165, 1.54) is 20.1 Å². The van der Waals surface area contributed by atoms with Gasteiger partial charge in [0.25, 0.3) is 10.0 Å². The molecule has 0 spiro atoms. The lowest BCUT2D eigenvalue weighted by molar-refractivity contribution is 0.0600. The van der Waals surface area contributed by atoms with Crippen LogP contribution in [0.4, 0.5) is 10.1 Å². The molecule has 0 N–H and O–H groups in total. The van der Waals surface area contributed by atoms with E-state index < -0.39 is 22.2 Å². The van der Waals surface area contributed by atoms with Gasteiger partial charge in [-0.3, -0.25) is 4.31 Å². The van der Waals surface area contributed by atoms with E-state index in [0.29, 0.717) is 17.1 Å². The van der Waals surface area contributed by atoms with Gasteiger partial charge in [-0.05, 0) is 98.7 Å². The van der Waals surface area contributed by atoms with Gasteiger partial charge < -0.3 is 13.9 Å². The number of aryl methyl sites for hydroxylation is 4. The number of alkyl halides is 1. The predicted molar refractivity (Wildman–Crippen MR) is 134 cm³/mol. The third-order valence-electron chi connectivity index (χ3n) is 6.27. The Kier molecular flexibility index (Phi) is 7.40. The molecule has 2 aromatic carbocycles. The molecule has 1 atom stereocenters. The van der Waals surface area contributed by atoms with E-state index in [0.717, 1.165) is 45.8 Å². The number of carbonyl (C=O) groups is 1. The molecule has 0 saturated carbocycles. The minimum atomic E-state index is -4.18. The minimum absolute atomic E-state index is 0.137. The van der Waals surface area contributed by atoms with Crippen molar-refractivity contribution in [2.45, 2.75) is 57.9 Å². The summed E-state index contributed by atoms with van der Waals surface area (Å²) in [4.78, 5) is 11.8. The average Bonchev–Trinajstić information content (AvgIpc) is 3.49. The average molecular weight is 516 g/mol. The van der Waals surface area contributed by atoms with Crippen molar-refractivity contribution in [2.24, 2.45) is 0 Å². The van der Waals surface area contributed by atoms with Crippen LogP contribution in [0.2, 0.25) is 0 Å². The summed E-state index contributed by atoms with van der Waals surface area (Å²) in [7, 11) is -2.86. The van der Waals surface area contributed by atoms with Gasteiger partial charge in [-0.1, -0.05) is 6.07 Å². The van der Waals surface area contributed by atoms with Gasteiger partial charge in [0.2, 0.25) is 5.09 Å². The zero-order chi connectivity index (χ0) is 26.0. The SMILES string of the molecule is COC(=O)c1ccc(COc2cc3c(cc2N(CC(C)F)S(=O)(=O)c2ccc(C)o2)CCC3)c(C)c1. The van der Waals surface area contributed by atoms with E-state index in [2.05, 4.69) is 0 Å². The summed E-state index contributed by atoms with van der Waals surface area (Å²) in [6.07, 6.45) is 1.21. The number of methoxy groups -OCH3 is 1. The zero-order valence-corrected chi connectivity index (χ0v) is 21.7. The highest BCUT2D eigenvalue weighted by Crippen LogP contribution is 2.39. The molecule has 4 rings (SSSR count). The molecule has 0 bridgehead atoms. The van der Waals surface area contributed by atoms with Crippen LogP contribution in [0.5, 0.6) is 5.75 Å².